The van der Waals surface area contributed by atoms with Crippen LogP contribution in [0.2, 0.25) is 0 Å². The molecule has 14 heteroatoms. The molecule has 2 aliphatic heterocycles. The Balaban J connectivity index is 1.62. The van der Waals surface area contributed by atoms with E-state index in [2.05, 4.69) is 26.4 Å². The van der Waals surface area contributed by atoms with E-state index in [1.165, 1.54) is 4.68 Å². The lowest BCUT2D eigenvalue weighted by atomic mass is 10.00. The molecule has 0 fully saturated rings. The first-order chi connectivity index (χ1) is 23.3. The third-order valence-corrected chi connectivity index (χ3v) is 7.89. The van der Waals surface area contributed by atoms with Crippen LogP contribution < -0.4 is 35.5 Å². The second-order valence-electron chi connectivity index (χ2n) is 13.0. The number of nitrogens with zero attached hydrogens (tertiary/aromatic N) is 3. The van der Waals surface area contributed by atoms with Gasteiger partial charge in [0.2, 0.25) is 23.6 Å². The predicted octanol–water partition coefficient (Wildman–Crippen LogP) is 2.24. The van der Waals surface area contributed by atoms with Crippen molar-refractivity contribution >= 4 is 23.6 Å². The van der Waals surface area contributed by atoms with Gasteiger partial charge in [0.15, 0.2) is 17.3 Å². The molecule has 2 aromatic carbocycles. The van der Waals surface area contributed by atoms with E-state index in [1.54, 1.807) is 53.2 Å². The van der Waals surface area contributed by atoms with Crippen LogP contribution >= 0.6 is 0 Å². The van der Waals surface area contributed by atoms with Crippen molar-refractivity contribution in [2.75, 3.05) is 27.4 Å². The Kier molecular flexibility index (Phi) is 12.2. The van der Waals surface area contributed by atoms with Gasteiger partial charge in [0.1, 0.15) is 36.3 Å². The van der Waals surface area contributed by atoms with E-state index >= 15 is 0 Å². The molecule has 14 nitrogen and oxygen atoms in total. The number of benzene rings is 2. The van der Waals surface area contributed by atoms with Crippen molar-refractivity contribution in [3.63, 3.8) is 0 Å². The number of amides is 4. The number of ether oxygens (including phenoxy) is 3. The van der Waals surface area contributed by atoms with E-state index in [1.807, 2.05) is 38.1 Å². The zero-order valence-electron chi connectivity index (χ0n) is 29.2. The Morgan fingerprint density at radius 1 is 1.08 bits per heavy atom. The number of rotatable bonds is 7. The largest absolute Gasteiger partial charge is 0.493 e. The lowest BCUT2D eigenvalue weighted by Crippen LogP contribution is -2.59. The molecule has 264 valence electrons. The van der Waals surface area contributed by atoms with Gasteiger partial charge >= 0.3 is 0 Å². The van der Waals surface area contributed by atoms with Gasteiger partial charge in [0.25, 0.3) is 0 Å². The molecule has 2 bridgehead atoms. The number of nitrogens with one attached hydrogen (secondary N) is 4. The summed E-state index contributed by atoms with van der Waals surface area (Å²) in [6, 6.07) is 11.0. The summed E-state index contributed by atoms with van der Waals surface area (Å²) in [6.45, 7) is 9.05. The Labute approximate surface area is 286 Å². The van der Waals surface area contributed by atoms with E-state index in [0.717, 1.165) is 11.1 Å². The van der Waals surface area contributed by atoms with Crippen molar-refractivity contribution in [1.82, 2.24) is 36.0 Å². The topological polar surface area (TPSA) is 175 Å². The van der Waals surface area contributed by atoms with Crippen LogP contribution in [0.5, 0.6) is 17.2 Å². The minimum absolute atomic E-state index is 0.0991. The molecule has 1 aromatic heterocycles. The molecule has 2 atom stereocenters. The summed E-state index contributed by atoms with van der Waals surface area (Å²) in [7, 11) is 3.11. The normalized spacial score (nSPS) is 18.7. The first-order valence-corrected chi connectivity index (χ1v) is 16.3. The number of methoxy groups -OCH3 is 2. The highest BCUT2D eigenvalue weighted by atomic mass is 16.5. The molecular weight excluding hydrogens is 630 g/mol. The van der Waals surface area contributed by atoms with E-state index in [0.29, 0.717) is 35.3 Å². The molecular formula is C35H47N7O7. The summed E-state index contributed by atoms with van der Waals surface area (Å²) in [6.07, 6.45) is 0.774. The van der Waals surface area contributed by atoms with Gasteiger partial charge in [-0.2, -0.15) is 5.10 Å². The zero-order chi connectivity index (χ0) is 35.7. The van der Waals surface area contributed by atoms with Crippen molar-refractivity contribution in [1.29, 1.82) is 0 Å². The van der Waals surface area contributed by atoms with Crippen LogP contribution in [0.3, 0.4) is 0 Å². The average molecular weight is 678 g/mol. The van der Waals surface area contributed by atoms with E-state index in [9.17, 15) is 19.2 Å². The van der Waals surface area contributed by atoms with Crippen LogP contribution in [0.15, 0.2) is 42.5 Å². The van der Waals surface area contributed by atoms with Crippen LogP contribution in [-0.2, 0) is 38.6 Å². The molecule has 0 radical (unpaired) electrons. The Morgan fingerprint density at radius 2 is 1.80 bits per heavy atom. The van der Waals surface area contributed by atoms with E-state index < -0.39 is 29.4 Å². The number of hydrogen-bond acceptors (Lipinski definition) is 9. The van der Waals surface area contributed by atoms with Gasteiger partial charge < -0.3 is 35.5 Å². The van der Waals surface area contributed by atoms with Gasteiger partial charge in [-0.15, -0.1) is 0 Å². The lowest BCUT2D eigenvalue weighted by Gasteiger charge is -2.29. The summed E-state index contributed by atoms with van der Waals surface area (Å²) in [5.74, 6) is 1.04. The molecule has 4 amide bonds. The first-order valence-electron chi connectivity index (χ1n) is 16.3. The number of hydrogen-bond donors (Lipinski definition) is 4. The summed E-state index contributed by atoms with van der Waals surface area (Å²) in [5, 5.41) is 16.0. The molecule has 0 unspecified atom stereocenters. The van der Waals surface area contributed by atoms with E-state index in [4.69, 9.17) is 19.2 Å². The fourth-order valence-corrected chi connectivity index (χ4v) is 5.32. The minimum atomic E-state index is -1.38. The molecule has 0 spiro atoms. The zero-order valence-corrected chi connectivity index (χ0v) is 29.2. The highest BCUT2D eigenvalue weighted by molar-refractivity contribution is 5.94. The number of carbonyl (C=O) groups excluding carboxylic acids is 4. The summed E-state index contributed by atoms with van der Waals surface area (Å²) >= 11 is 0. The molecule has 0 saturated heterocycles. The fourth-order valence-electron chi connectivity index (χ4n) is 5.32. The Morgan fingerprint density at radius 3 is 2.47 bits per heavy atom. The molecule has 49 heavy (non-hydrogen) atoms. The van der Waals surface area contributed by atoms with Crippen LogP contribution in [0.4, 0.5) is 0 Å². The fraction of sp³-hybridized carbons (Fsp3) is 0.486. The molecule has 5 rings (SSSR count). The van der Waals surface area contributed by atoms with Gasteiger partial charge in [-0.1, -0.05) is 32.0 Å². The smallest absolute Gasteiger partial charge is 0.245 e. The van der Waals surface area contributed by atoms with Crippen LogP contribution in [0.1, 0.15) is 69.9 Å². The maximum absolute atomic E-state index is 13.7. The monoisotopic (exact) mass is 677 g/mol. The number of carbonyl (C=O) groups is 4. The van der Waals surface area contributed by atoms with Gasteiger partial charge in [-0.3, -0.25) is 19.2 Å². The van der Waals surface area contributed by atoms with Crippen molar-refractivity contribution in [2.45, 2.75) is 78.0 Å². The SMILES string of the molecule is COc1ccc(Cc2nc3n(n2)CC(=O)NCCOc2ccc(cc2)C[C@H](NC(=O)CC(C)C)C(=O)NC(C)(C)C(=O)N[C@@H]3C)cc1OC. The summed E-state index contributed by atoms with van der Waals surface area (Å²) < 4.78 is 18.0. The molecule has 0 saturated carbocycles. The second-order valence-corrected chi connectivity index (χ2v) is 13.0. The average Bonchev–Trinajstić information content (AvgIpc) is 3.44. The molecule has 4 N–H and O–H groups in total. The summed E-state index contributed by atoms with van der Waals surface area (Å²) in [4.78, 5) is 57.7. The number of fused-ring (bicyclic) bond motifs is 14. The quantitative estimate of drug-likeness (QED) is 0.292. The minimum Gasteiger partial charge on any atom is -0.493 e. The lowest BCUT2D eigenvalue weighted by molar-refractivity contribution is -0.135. The molecule has 3 aromatic rings. The number of aromatic nitrogens is 3. The second kappa shape index (κ2) is 16.3. The van der Waals surface area contributed by atoms with Gasteiger partial charge in [-0.25, -0.2) is 9.67 Å². The molecule has 0 aliphatic carbocycles. The standard InChI is InChI=1S/C35H47N7O7/c1-21(2)16-30(43)38-26-17-23-8-11-25(12-9-23)49-15-14-36-31(44)20-42-32(22(3)37-34(46)35(4,5)40-33(26)45)39-29(41-42)19-24-10-13-27(47-6)28(18-24)48-7/h8-13,18,21-22,26H,14-17,19-20H2,1-7H3,(H,36,44)(H,37,46)(H,38,43)(H,40,45)/t22-,26+/m1/s1. The maximum Gasteiger partial charge on any atom is 0.245 e. The van der Waals surface area contributed by atoms with Gasteiger partial charge in [0.05, 0.1) is 26.8 Å². The predicted molar refractivity (Wildman–Crippen MR) is 181 cm³/mol. The molecule has 2 aliphatic rings. The van der Waals surface area contributed by atoms with E-state index in [-0.39, 0.29) is 50.3 Å². The van der Waals surface area contributed by atoms with Crippen LogP contribution in [-0.4, -0.2) is 77.3 Å². The van der Waals surface area contributed by atoms with Gasteiger partial charge in [0, 0.05) is 19.3 Å². The third-order valence-electron chi connectivity index (χ3n) is 7.89. The molecule has 3 heterocycles. The highest BCUT2D eigenvalue weighted by Crippen LogP contribution is 2.28. The summed E-state index contributed by atoms with van der Waals surface area (Å²) in [5.41, 5.74) is 0.262. The van der Waals surface area contributed by atoms with Crippen LogP contribution in [0, 0.1) is 5.92 Å². The Bertz CT molecular complexity index is 1640. The van der Waals surface area contributed by atoms with Crippen LogP contribution in [0.25, 0.3) is 0 Å². The van der Waals surface area contributed by atoms with Gasteiger partial charge in [-0.05, 0) is 62.1 Å². The maximum atomic E-state index is 13.7. The van der Waals surface area contributed by atoms with Crippen molar-refractivity contribution < 1.29 is 33.4 Å². The van der Waals surface area contributed by atoms with Crippen molar-refractivity contribution in [3.05, 3.63) is 65.2 Å². The van der Waals surface area contributed by atoms with Crippen molar-refractivity contribution in [2.24, 2.45) is 5.92 Å². The third kappa shape index (κ3) is 10.2. The first kappa shape index (κ1) is 36.7. The van der Waals surface area contributed by atoms with Crippen molar-refractivity contribution in [3.8, 4) is 17.2 Å². The highest BCUT2D eigenvalue weighted by Gasteiger charge is 2.34. The Hall–Kier alpha value is -5.14.